The Bertz CT molecular complexity index is 414. The van der Waals surface area contributed by atoms with Crippen LogP contribution in [0.5, 0.6) is 5.88 Å². The fourth-order valence-corrected chi connectivity index (χ4v) is 2.49. The largest absolute Gasteiger partial charge is 0.473 e. The molecular weight excluding hydrogens is 240 g/mol. The molecule has 0 aromatic carbocycles. The van der Waals surface area contributed by atoms with Crippen molar-refractivity contribution in [3.05, 3.63) is 6.33 Å². The van der Waals surface area contributed by atoms with E-state index in [2.05, 4.69) is 21.8 Å². The second-order valence-corrected chi connectivity index (χ2v) is 5.42. The maximum atomic E-state index is 6.14. The van der Waals surface area contributed by atoms with E-state index in [1.54, 1.807) is 0 Å². The molecule has 0 amide bonds. The Hall–Kier alpha value is -1.52. The number of rotatable bonds is 4. The van der Waals surface area contributed by atoms with Crippen LogP contribution in [0.1, 0.15) is 40.0 Å². The topological polar surface area (TPSA) is 64.3 Å². The molecule has 1 aromatic heterocycles. The molecule has 0 unspecified atom stereocenters. The van der Waals surface area contributed by atoms with Crippen molar-refractivity contribution < 1.29 is 4.74 Å². The van der Waals surface area contributed by atoms with Crippen LogP contribution >= 0.6 is 0 Å². The first kappa shape index (κ1) is 13.9. The van der Waals surface area contributed by atoms with Gasteiger partial charge < -0.3 is 15.4 Å². The van der Waals surface area contributed by atoms with Gasteiger partial charge in [-0.2, -0.15) is 4.98 Å². The van der Waals surface area contributed by atoms with E-state index >= 15 is 0 Å². The summed E-state index contributed by atoms with van der Waals surface area (Å²) in [5.41, 5.74) is 6.70. The molecule has 2 N–H and O–H groups in total. The van der Waals surface area contributed by atoms with Crippen molar-refractivity contribution in [2.45, 2.75) is 46.1 Å². The van der Waals surface area contributed by atoms with E-state index in [0.717, 1.165) is 24.8 Å². The fraction of sp³-hybridized carbons (Fsp3) is 0.714. The lowest BCUT2D eigenvalue weighted by atomic mass is 9.94. The minimum absolute atomic E-state index is 0.0656. The van der Waals surface area contributed by atoms with Crippen molar-refractivity contribution in [2.75, 3.05) is 23.7 Å². The average molecular weight is 264 g/mol. The van der Waals surface area contributed by atoms with Crippen LogP contribution in [0.15, 0.2) is 6.33 Å². The summed E-state index contributed by atoms with van der Waals surface area (Å²) in [5.74, 6) is 2.16. The minimum Gasteiger partial charge on any atom is -0.473 e. The van der Waals surface area contributed by atoms with E-state index in [0.29, 0.717) is 11.6 Å². The van der Waals surface area contributed by atoms with Crippen molar-refractivity contribution in [1.82, 2.24) is 9.97 Å². The first-order valence-corrected chi connectivity index (χ1v) is 7.13. The van der Waals surface area contributed by atoms with Gasteiger partial charge in [-0.3, -0.25) is 0 Å². The number of nitrogens with zero attached hydrogens (tertiary/aromatic N) is 3. The smallest absolute Gasteiger partial charge is 0.242 e. The third-order valence-corrected chi connectivity index (χ3v) is 3.67. The maximum Gasteiger partial charge on any atom is 0.242 e. The second-order valence-electron chi connectivity index (χ2n) is 5.42. The van der Waals surface area contributed by atoms with Crippen LogP contribution in [-0.2, 0) is 0 Å². The molecule has 0 radical (unpaired) electrons. The van der Waals surface area contributed by atoms with Crippen LogP contribution in [0, 0.1) is 5.92 Å². The summed E-state index contributed by atoms with van der Waals surface area (Å²) >= 11 is 0. The third-order valence-electron chi connectivity index (χ3n) is 3.67. The number of hydrogen-bond acceptors (Lipinski definition) is 5. The van der Waals surface area contributed by atoms with Gasteiger partial charge >= 0.3 is 0 Å². The predicted octanol–water partition coefficient (Wildman–Crippen LogP) is 2.47. The fourth-order valence-electron chi connectivity index (χ4n) is 2.49. The standard InChI is InChI=1S/C14H24N4O/c1-4-11-5-7-18(8-6-11)13-12(15)14(17-9-16-13)19-10(2)3/h9-11H,4-8,15H2,1-3H3. The van der Waals surface area contributed by atoms with E-state index in [1.807, 2.05) is 13.8 Å². The van der Waals surface area contributed by atoms with Crippen molar-refractivity contribution >= 4 is 11.5 Å². The Kier molecular flexibility index (Phi) is 4.45. The number of hydrogen-bond donors (Lipinski definition) is 1. The molecule has 1 aromatic rings. The molecule has 0 aliphatic carbocycles. The highest BCUT2D eigenvalue weighted by molar-refractivity contribution is 5.67. The molecule has 106 valence electrons. The summed E-state index contributed by atoms with van der Waals surface area (Å²) in [6.07, 6.45) is 5.28. The number of nitrogen functional groups attached to an aromatic ring is 1. The molecule has 5 heteroatoms. The molecule has 19 heavy (non-hydrogen) atoms. The van der Waals surface area contributed by atoms with Gasteiger partial charge in [0.15, 0.2) is 5.82 Å². The highest BCUT2D eigenvalue weighted by atomic mass is 16.5. The van der Waals surface area contributed by atoms with Gasteiger partial charge in [0.1, 0.15) is 12.0 Å². The molecular formula is C14H24N4O. The van der Waals surface area contributed by atoms with Gasteiger partial charge in [-0.05, 0) is 32.6 Å². The van der Waals surface area contributed by atoms with Gasteiger partial charge in [-0.25, -0.2) is 4.98 Å². The molecule has 1 aliphatic rings. The average Bonchev–Trinajstić information content (AvgIpc) is 2.41. The van der Waals surface area contributed by atoms with E-state index < -0.39 is 0 Å². The Morgan fingerprint density at radius 1 is 1.37 bits per heavy atom. The zero-order chi connectivity index (χ0) is 13.8. The highest BCUT2D eigenvalue weighted by Gasteiger charge is 2.22. The summed E-state index contributed by atoms with van der Waals surface area (Å²) in [6, 6.07) is 0. The van der Waals surface area contributed by atoms with Crippen LogP contribution in [0.3, 0.4) is 0 Å². The summed E-state index contributed by atoms with van der Waals surface area (Å²) in [5, 5.41) is 0. The molecule has 0 bridgehead atoms. The number of aromatic nitrogens is 2. The van der Waals surface area contributed by atoms with Gasteiger partial charge in [-0.15, -0.1) is 0 Å². The van der Waals surface area contributed by atoms with Crippen LogP contribution in [-0.4, -0.2) is 29.2 Å². The van der Waals surface area contributed by atoms with Crippen LogP contribution in [0.4, 0.5) is 11.5 Å². The quantitative estimate of drug-likeness (QED) is 0.905. The first-order valence-electron chi connectivity index (χ1n) is 7.13. The number of anilines is 2. The normalized spacial score (nSPS) is 16.9. The maximum absolute atomic E-state index is 6.14. The Morgan fingerprint density at radius 2 is 2.05 bits per heavy atom. The zero-order valence-corrected chi connectivity index (χ0v) is 12.1. The lowest BCUT2D eigenvalue weighted by Gasteiger charge is -2.33. The molecule has 0 saturated carbocycles. The Morgan fingerprint density at radius 3 is 2.63 bits per heavy atom. The molecule has 1 saturated heterocycles. The van der Waals surface area contributed by atoms with Crippen molar-refractivity contribution in [3.8, 4) is 5.88 Å². The number of piperidine rings is 1. The number of ether oxygens (including phenoxy) is 1. The van der Waals surface area contributed by atoms with Crippen molar-refractivity contribution in [1.29, 1.82) is 0 Å². The molecule has 2 heterocycles. The Balaban J connectivity index is 2.12. The van der Waals surface area contributed by atoms with Gasteiger partial charge in [0.05, 0.1) is 6.10 Å². The number of nitrogens with two attached hydrogens (primary N) is 1. The van der Waals surface area contributed by atoms with Crippen LogP contribution in [0.25, 0.3) is 0 Å². The predicted molar refractivity (Wildman–Crippen MR) is 77.4 cm³/mol. The van der Waals surface area contributed by atoms with Gasteiger partial charge in [-0.1, -0.05) is 13.3 Å². The molecule has 2 rings (SSSR count). The monoisotopic (exact) mass is 264 g/mol. The molecule has 0 spiro atoms. The SMILES string of the molecule is CCC1CCN(c2ncnc(OC(C)C)c2N)CC1. The van der Waals surface area contributed by atoms with E-state index in [9.17, 15) is 0 Å². The third kappa shape index (κ3) is 3.28. The summed E-state index contributed by atoms with van der Waals surface area (Å²) < 4.78 is 5.62. The lowest BCUT2D eigenvalue weighted by molar-refractivity contribution is 0.234. The molecule has 0 atom stereocenters. The highest BCUT2D eigenvalue weighted by Crippen LogP contribution is 2.31. The molecule has 5 nitrogen and oxygen atoms in total. The van der Waals surface area contributed by atoms with Crippen molar-refractivity contribution in [3.63, 3.8) is 0 Å². The van der Waals surface area contributed by atoms with Gasteiger partial charge in [0.25, 0.3) is 0 Å². The van der Waals surface area contributed by atoms with Gasteiger partial charge in [0.2, 0.25) is 5.88 Å². The van der Waals surface area contributed by atoms with E-state index in [1.165, 1.54) is 25.6 Å². The van der Waals surface area contributed by atoms with Gasteiger partial charge in [0, 0.05) is 13.1 Å². The summed E-state index contributed by atoms with van der Waals surface area (Å²) in [4.78, 5) is 10.7. The Labute approximate surface area is 115 Å². The van der Waals surface area contributed by atoms with Crippen LogP contribution < -0.4 is 15.4 Å². The molecule has 1 aliphatic heterocycles. The first-order chi connectivity index (χ1) is 9.11. The zero-order valence-electron chi connectivity index (χ0n) is 12.1. The van der Waals surface area contributed by atoms with Crippen LogP contribution in [0.2, 0.25) is 0 Å². The summed E-state index contributed by atoms with van der Waals surface area (Å²) in [6.45, 7) is 8.22. The summed E-state index contributed by atoms with van der Waals surface area (Å²) in [7, 11) is 0. The van der Waals surface area contributed by atoms with Crippen molar-refractivity contribution in [2.24, 2.45) is 5.92 Å². The molecule has 1 fully saturated rings. The van der Waals surface area contributed by atoms with E-state index in [4.69, 9.17) is 10.5 Å². The lowest BCUT2D eigenvalue weighted by Crippen LogP contribution is -2.34. The minimum atomic E-state index is 0.0656. The second kappa shape index (κ2) is 6.08. The van der Waals surface area contributed by atoms with E-state index in [-0.39, 0.29) is 6.10 Å².